The van der Waals surface area contributed by atoms with Crippen LogP contribution in [0.3, 0.4) is 0 Å². The average Bonchev–Trinajstić information content (AvgIpc) is 3.12. The third-order valence-electron chi connectivity index (χ3n) is 4.09. The molecule has 0 saturated carbocycles. The van der Waals surface area contributed by atoms with Gasteiger partial charge in [0, 0.05) is 21.1 Å². The molecular formula is C16H20F2N2O2. The molecule has 0 aliphatic carbocycles. The number of nitrogens with zero attached hydrogens (tertiary/aromatic N) is 1. The average molecular weight is 313 g/mol. The van der Waals surface area contributed by atoms with Crippen molar-refractivity contribution in [2.24, 2.45) is 0 Å². The second-order valence-electron chi connectivity index (χ2n) is 5.39. The number of ether oxygens (including phenoxy) is 2. The molecule has 1 aliphatic rings. The van der Waals surface area contributed by atoms with Crippen LogP contribution in [0.5, 0.6) is 11.6 Å². The lowest BCUT2D eigenvalue weighted by Crippen LogP contribution is -2.27. The minimum Gasteiger partial charge on any atom is -0.496 e. The fourth-order valence-electron chi connectivity index (χ4n) is 3.10. The highest BCUT2D eigenvalue weighted by Gasteiger charge is 2.26. The summed E-state index contributed by atoms with van der Waals surface area (Å²) in [7, 11) is 1.50. The van der Waals surface area contributed by atoms with Crippen molar-refractivity contribution in [2.45, 2.75) is 31.9 Å². The number of halogens is 2. The molecule has 1 aromatic heterocycles. The molecule has 120 valence electrons. The Labute approximate surface area is 132 Å². The zero-order chi connectivity index (χ0) is 18.2. The molecule has 1 atom stereocenters. The van der Waals surface area contributed by atoms with Gasteiger partial charge >= 0.3 is 6.61 Å². The molecule has 1 aromatic carbocycles. The summed E-state index contributed by atoms with van der Waals surface area (Å²) in [5, 5.41) is 0.651. The number of benzene rings is 1. The second kappa shape index (κ2) is 6.12. The van der Waals surface area contributed by atoms with E-state index in [1.807, 2.05) is 0 Å². The van der Waals surface area contributed by atoms with Crippen molar-refractivity contribution in [3.8, 4) is 11.6 Å². The molecule has 0 spiro atoms. The van der Waals surface area contributed by atoms with Gasteiger partial charge < -0.3 is 19.4 Å². The van der Waals surface area contributed by atoms with Crippen molar-refractivity contribution in [1.29, 1.82) is 0 Å². The number of H-pyrrole nitrogens is 1. The van der Waals surface area contributed by atoms with Gasteiger partial charge in [0.25, 0.3) is 0 Å². The number of hydrogen-bond donors (Lipinski definition) is 1. The van der Waals surface area contributed by atoms with Crippen molar-refractivity contribution in [2.75, 3.05) is 20.6 Å². The predicted molar refractivity (Wildman–Crippen MR) is 80.8 cm³/mol. The number of likely N-dealkylation sites (tertiary alicyclic amines) is 1. The fraction of sp³-hybridized carbons (Fsp3) is 0.500. The van der Waals surface area contributed by atoms with Crippen LogP contribution in [0, 0.1) is 0 Å². The summed E-state index contributed by atoms with van der Waals surface area (Å²) in [6.07, 6.45) is 1.74. The van der Waals surface area contributed by atoms with Crippen LogP contribution < -0.4 is 9.47 Å². The predicted octanol–water partition coefficient (Wildman–Crippen LogP) is 3.41. The lowest BCUT2D eigenvalue weighted by atomic mass is 10.0. The lowest BCUT2D eigenvalue weighted by molar-refractivity contribution is -0.0530. The Morgan fingerprint density at radius 2 is 2.36 bits per heavy atom. The molecule has 0 bridgehead atoms. The van der Waals surface area contributed by atoms with Gasteiger partial charge in [-0.3, -0.25) is 0 Å². The SMILES string of the molecule is [2H]C([2H])([2H])N1CCC[C@@H]1Cc1c(OC(F)F)[nH]c2cccc(OC)c12. The zero-order valence-electron chi connectivity index (χ0n) is 15.2. The van der Waals surface area contributed by atoms with Crippen LogP contribution in [0.4, 0.5) is 8.78 Å². The molecule has 0 unspecified atom stereocenters. The Balaban J connectivity index is 2.04. The van der Waals surface area contributed by atoms with Crippen molar-refractivity contribution in [3.63, 3.8) is 0 Å². The van der Waals surface area contributed by atoms with E-state index in [2.05, 4.69) is 9.72 Å². The molecule has 3 rings (SSSR count). The highest BCUT2D eigenvalue weighted by atomic mass is 19.3. The Bertz CT molecular complexity index is 749. The molecule has 2 heterocycles. The molecule has 1 saturated heterocycles. The van der Waals surface area contributed by atoms with Crippen molar-refractivity contribution in [3.05, 3.63) is 23.8 Å². The number of likely N-dealkylation sites (N-methyl/N-ethyl adjacent to an activating group) is 1. The van der Waals surface area contributed by atoms with Crippen LogP contribution in [0.2, 0.25) is 0 Å². The number of hydrogen-bond acceptors (Lipinski definition) is 3. The second-order valence-corrected chi connectivity index (χ2v) is 5.39. The smallest absolute Gasteiger partial charge is 0.388 e. The van der Waals surface area contributed by atoms with E-state index in [1.54, 1.807) is 18.2 Å². The number of alkyl halides is 2. The first kappa shape index (κ1) is 11.7. The van der Waals surface area contributed by atoms with Gasteiger partial charge in [-0.15, -0.1) is 0 Å². The third-order valence-corrected chi connectivity index (χ3v) is 4.09. The van der Waals surface area contributed by atoms with Gasteiger partial charge in [0.2, 0.25) is 5.88 Å². The summed E-state index contributed by atoms with van der Waals surface area (Å²) < 4.78 is 58.7. The van der Waals surface area contributed by atoms with Gasteiger partial charge in [-0.05, 0) is 44.9 Å². The van der Waals surface area contributed by atoms with Gasteiger partial charge in [-0.1, -0.05) is 6.07 Å². The van der Waals surface area contributed by atoms with E-state index in [-0.39, 0.29) is 11.9 Å². The number of aromatic amines is 1. The highest BCUT2D eigenvalue weighted by molar-refractivity contribution is 5.91. The van der Waals surface area contributed by atoms with Crippen LogP contribution >= 0.6 is 0 Å². The molecule has 0 radical (unpaired) electrons. The Hall–Kier alpha value is -1.82. The largest absolute Gasteiger partial charge is 0.496 e. The van der Waals surface area contributed by atoms with Crippen molar-refractivity contribution in [1.82, 2.24) is 9.88 Å². The van der Waals surface area contributed by atoms with Crippen molar-refractivity contribution >= 4 is 10.9 Å². The number of methoxy groups -OCH3 is 1. The maximum atomic E-state index is 12.8. The minimum absolute atomic E-state index is 0.0353. The molecule has 6 heteroatoms. The number of nitrogens with one attached hydrogen (secondary N) is 1. The summed E-state index contributed by atoms with van der Waals surface area (Å²) in [5.74, 6) is 0.498. The molecule has 0 amide bonds. The summed E-state index contributed by atoms with van der Waals surface area (Å²) in [4.78, 5) is 4.31. The Morgan fingerprint density at radius 1 is 1.50 bits per heavy atom. The summed E-state index contributed by atoms with van der Waals surface area (Å²) in [6, 6.07) is 4.96. The monoisotopic (exact) mass is 313 g/mol. The number of rotatable bonds is 5. The molecule has 1 N–H and O–H groups in total. The van der Waals surface area contributed by atoms with E-state index in [0.29, 0.717) is 41.6 Å². The summed E-state index contributed by atoms with van der Waals surface area (Å²) in [6.45, 7) is -4.72. The summed E-state index contributed by atoms with van der Waals surface area (Å²) >= 11 is 0. The standard InChI is InChI=1S/C16H20F2N2O2/c1-20-8-4-5-10(20)9-11-14-12(6-3-7-13(14)21-2)19-15(11)22-16(17)18/h3,6-7,10,16,19H,4-5,8-9H2,1-2H3/t10-/m1/s1/i1D3. The first-order valence-electron chi connectivity index (χ1n) is 8.70. The Kier molecular flexibility index (Phi) is 3.26. The van der Waals surface area contributed by atoms with Crippen LogP contribution in [0.25, 0.3) is 10.9 Å². The van der Waals surface area contributed by atoms with E-state index in [1.165, 1.54) is 12.0 Å². The van der Waals surface area contributed by atoms with E-state index in [0.717, 1.165) is 6.42 Å². The zero-order valence-corrected chi connectivity index (χ0v) is 12.2. The van der Waals surface area contributed by atoms with E-state index in [4.69, 9.17) is 8.85 Å². The first-order chi connectivity index (χ1) is 11.8. The van der Waals surface area contributed by atoms with Gasteiger partial charge in [0.1, 0.15) is 5.75 Å². The van der Waals surface area contributed by atoms with Crippen LogP contribution in [-0.4, -0.2) is 43.2 Å². The molecule has 4 nitrogen and oxygen atoms in total. The van der Waals surface area contributed by atoms with E-state index < -0.39 is 13.6 Å². The number of fused-ring (bicyclic) bond motifs is 1. The maximum absolute atomic E-state index is 12.8. The fourth-order valence-corrected chi connectivity index (χ4v) is 3.10. The normalized spacial score (nSPS) is 21.8. The topological polar surface area (TPSA) is 37.5 Å². The van der Waals surface area contributed by atoms with E-state index >= 15 is 0 Å². The van der Waals surface area contributed by atoms with Gasteiger partial charge in [-0.2, -0.15) is 8.78 Å². The van der Waals surface area contributed by atoms with Crippen LogP contribution in [0.15, 0.2) is 18.2 Å². The number of aromatic nitrogens is 1. The van der Waals surface area contributed by atoms with E-state index in [9.17, 15) is 8.78 Å². The van der Waals surface area contributed by atoms with Crippen molar-refractivity contribution < 1.29 is 22.4 Å². The third kappa shape index (κ3) is 2.75. The maximum Gasteiger partial charge on any atom is 0.388 e. The van der Waals surface area contributed by atoms with Gasteiger partial charge in [0.15, 0.2) is 0 Å². The Morgan fingerprint density at radius 3 is 3.09 bits per heavy atom. The first-order valence-corrected chi connectivity index (χ1v) is 7.20. The minimum atomic E-state index is -2.97. The highest BCUT2D eigenvalue weighted by Crippen LogP contribution is 2.37. The van der Waals surface area contributed by atoms with Crippen LogP contribution in [0.1, 0.15) is 22.5 Å². The van der Waals surface area contributed by atoms with Crippen LogP contribution in [-0.2, 0) is 6.42 Å². The molecule has 22 heavy (non-hydrogen) atoms. The molecule has 2 aromatic rings. The molecule has 1 aliphatic heterocycles. The summed E-state index contributed by atoms with van der Waals surface area (Å²) in [5.41, 5.74) is 1.14. The van der Waals surface area contributed by atoms with Gasteiger partial charge in [-0.25, -0.2) is 0 Å². The molecular weight excluding hydrogens is 290 g/mol. The quantitative estimate of drug-likeness (QED) is 0.919. The van der Waals surface area contributed by atoms with Gasteiger partial charge in [0.05, 0.1) is 12.6 Å². The lowest BCUT2D eigenvalue weighted by Gasteiger charge is -2.20. The molecule has 1 fully saturated rings.